The van der Waals surface area contributed by atoms with Crippen molar-refractivity contribution in [3.63, 3.8) is 0 Å². The zero-order valence-electron chi connectivity index (χ0n) is 17.8. The first-order chi connectivity index (χ1) is 13.1. The van der Waals surface area contributed by atoms with Gasteiger partial charge in [-0.25, -0.2) is 0 Å². The minimum atomic E-state index is 0.224. The van der Waals surface area contributed by atoms with Crippen LogP contribution in [0.1, 0.15) is 84.3 Å². The number of hydrogen-bond donors (Lipinski definition) is 1. The molecule has 4 atom stereocenters. The maximum atomic E-state index is 6.32. The van der Waals surface area contributed by atoms with E-state index in [0.29, 0.717) is 23.8 Å². The molecule has 2 heterocycles. The van der Waals surface area contributed by atoms with E-state index in [1.54, 1.807) is 0 Å². The lowest BCUT2D eigenvalue weighted by Gasteiger charge is -2.45. The highest BCUT2D eigenvalue weighted by Crippen LogP contribution is 2.47. The van der Waals surface area contributed by atoms with Crippen LogP contribution in [0, 0.1) is 17.8 Å². The van der Waals surface area contributed by atoms with Gasteiger partial charge in [-0.2, -0.15) is 0 Å². The fraction of sp³-hybridized carbons (Fsp3) is 0.750. The summed E-state index contributed by atoms with van der Waals surface area (Å²) >= 11 is 0. The molecule has 1 fully saturated rings. The summed E-state index contributed by atoms with van der Waals surface area (Å²) in [6.45, 7) is 10.9. The highest BCUT2D eigenvalue weighted by Gasteiger charge is 2.41. The molecule has 0 amide bonds. The second kappa shape index (κ2) is 9.82. The molecule has 0 radical (unpaired) electrons. The summed E-state index contributed by atoms with van der Waals surface area (Å²) in [5.74, 6) is 2.92. The first kappa shape index (κ1) is 20.5. The predicted octanol–water partition coefficient (Wildman–Crippen LogP) is 6.59. The number of nitrogens with one attached hydrogen (secondary N) is 1. The molecular weight excluding hydrogens is 334 g/mol. The van der Waals surface area contributed by atoms with Crippen molar-refractivity contribution in [3.8, 4) is 5.75 Å². The van der Waals surface area contributed by atoms with Gasteiger partial charge in [-0.15, -0.1) is 0 Å². The molecule has 0 bridgehead atoms. The number of ether oxygens (including phenoxy) is 2. The third-order valence-electron chi connectivity index (χ3n) is 6.32. The van der Waals surface area contributed by atoms with Crippen molar-refractivity contribution in [1.82, 2.24) is 0 Å². The Morgan fingerprint density at radius 1 is 1.19 bits per heavy atom. The van der Waals surface area contributed by atoms with Gasteiger partial charge in [0.1, 0.15) is 5.75 Å². The third-order valence-corrected chi connectivity index (χ3v) is 6.32. The fourth-order valence-corrected chi connectivity index (χ4v) is 4.65. The average Bonchev–Trinajstić information content (AvgIpc) is 2.67. The standard InChI is InChI=1S/C24H39NO2/c1-5-6-7-9-18(4)23-20-10-8-14-27-24(20)21-16-19(11-12-22(21)25-23)26-15-13-17(2)3/h11-12,16-18,20,23-25H,5-10,13-15H2,1-4H3/t18?,20-,23?,24-/m0/s1. The molecule has 0 spiro atoms. The Morgan fingerprint density at radius 2 is 2.04 bits per heavy atom. The summed E-state index contributed by atoms with van der Waals surface area (Å²) in [4.78, 5) is 0. The van der Waals surface area contributed by atoms with Gasteiger partial charge in [0.2, 0.25) is 0 Å². The van der Waals surface area contributed by atoms with Crippen molar-refractivity contribution in [1.29, 1.82) is 0 Å². The molecule has 0 aliphatic carbocycles. The third kappa shape index (κ3) is 5.19. The van der Waals surface area contributed by atoms with Crippen molar-refractivity contribution in [2.45, 2.75) is 84.8 Å². The number of unbranched alkanes of at least 4 members (excludes halogenated alkanes) is 2. The molecule has 152 valence electrons. The fourth-order valence-electron chi connectivity index (χ4n) is 4.65. The number of anilines is 1. The van der Waals surface area contributed by atoms with Crippen molar-refractivity contribution < 1.29 is 9.47 Å². The summed E-state index contributed by atoms with van der Waals surface area (Å²) in [6, 6.07) is 7.07. The molecule has 0 saturated carbocycles. The monoisotopic (exact) mass is 373 g/mol. The summed E-state index contributed by atoms with van der Waals surface area (Å²) in [6.07, 6.45) is 9.04. The summed E-state index contributed by atoms with van der Waals surface area (Å²) < 4.78 is 12.3. The number of benzene rings is 1. The minimum absolute atomic E-state index is 0.224. The molecule has 3 heteroatoms. The lowest BCUT2D eigenvalue weighted by atomic mass is 9.74. The van der Waals surface area contributed by atoms with E-state index in [2.05, 4.69) is 51.2 Å². The highest BCUT2D eigenvalue weighted by molar-refractivity contribution is 5.58. The molecule has 1 aromatic rings. The van der Waals surface area contributed by atoms with Gasteiger partial charge in [-0.3, -0.25) is 0 Å². The Kier molecular flexibility index (Phi) is 7.46. The van der Waals surface area contributed by atoms with E-state index in [0.717, 1.165) is 25.4 Å². The van der Waals surface area contributed by atoms with Gasteiger partial charge < -0.3 is 14.8 Å². The van der Waals surface area contributed by atoms with Gasteiger partial charge in [0.15, 0.2) is 0 Å². The maximum Gasteiger partial charge on any atom is 0.119 e. The second-order valence-electron chi connectivity index (χ2n) is 9.02. The smallest absolute Gasteiger partial charge is 0.119 e. The zero-order chi connectivity index (χ0) is 19.2. The first-order valence-corrected chi connectivity index (χ1v) is 11.2. The Bertz CT molecular complexity index is 586. The van der Waals surface area contributed by atoms with Gasteiger partial charge in [-0.1, -0.05) is 47.0 Å². The lowest BCUT2D eigenvalue weighted by molar-refractivity contribution is -0.0437. The van der Waals surface area contributed by atoms with Gasteiger partial charge in [0.25, 0.3) is 0 Å². The van der Waals surface area contributed by atoms with Crippen LogP contribution in [0.4, 0.5) is 5.69 Å². The predicted molar refractivity (Wildman–Crippen MR) is 114 cm³/mol. The number of rotatable bonds is 9. The summed E-state index contributed by atoms with van der Waals surface area (Å²) in [5.41, 5.74) is 2.56. The topological polar surface area (TPSA) is 30.5 Å². The molecule has 1 aromatic carbocycles. The number of hydrogen-bond acceptors (Lipinski definition) is 3. The van der Waals surface area contributed by atoms with Crippen LogP contribution < -0.4 is 10.1 Å². The Morgan fingerprint density at radius 3 is 2.81 bits per heavy atom. The largest absolute Gasteiger partial charge is 0.494 e. The van der Waals surface area contributed by atoms with Crippen molar-refractivity contribution in [2.75, 3.05) is 18.5 Å². The molecule has 1 saturated heterocycles. The van der Waals surface area contributed by atoms with E-state index >= 15 is 0 Å². The van der Waals surface area contributed by atoms with Crippen molar-refractivity contribution in [3.05, 3.63) is 23.8 Å². The minimum Gasteiger partial charge on any atom is -0.494 e. The van der Waals surface area contributed by atoms with Crippen molar-refractivity contribution in [2.24, 2.45) is 17.8 Å². The van der Waals surface area contributed by atoms with Gasteiger partial charge in [0.05, 0.1) is 12.7 Å². The molecule has 3 rings (SSSR count). The van der Waals surface area contributed by atoms with E-state index in [1.165, 1.54) is 49.8 Å². The Labute approximate surface area is 166 Å². The molecule has 2 unspecified atom stereocenters. The van der Waals surface area contributed by atoms with Crippen molar-refractivity contribution >= 4 is 5.69 Å². The molecule has 1 N–H and O–H groups in total. The molecule has 3 nitrogen and oxygen atoms in total. The van der Waals surface area contributed by atoms with Crippen LogP contribution in [0.15, 0.2) is 18.2 Å². The van der Waals surface area contributed by atoms with Crippen LogP contribution >= 0.6 is 0 Å². The van der Waals surface area contributed by atoms with Crippen LogP contribution in [-0.4, -0.2) is 19.3 Å². The van der Waals surface area contributed by atoms with E-state index in [-0.39, 0.29) is 6.10 Å². The van der Waals surface area contributed by atoms with E-state index in [1.807, 2.05) is 0 Å². The second-order valence-corrected chi connectivity index (χ2v) is 9.02. The number of fused-ring (bicyclic) bond motifs is 3. The molecule has 0 aromatic heterocycles. The summed E-state index contributed by atoms with van der Waals surface area (Å²) in [5, 5.41) is 3.89. The van der Waals surface area contributed by atoms with Crippen LogP contribution in [0.25, 0.3) is 0 Å². The van der Waals surface area contributed by atoms with Crippen LogP contribution in [0.2, 0.25) is 0 Å². The Hall–Kier alpha value is -1.22. The SMILES string of the molecule is CCCCCC(C)C1Nc2ccc(OCCC(C)C)cc2[C@H]2OCCC[C@@H]12. The molecule has 2 aliphatic heterocycles. The summed E-state index contributed by atoms with van der Waals surface area (Å²) in [7, 11) is 0. The highest BCUT2D eigenvalue weighted by atomic mass is 16.5. The van der Waals surface area contributed by atoms with E-state index < -0.39 is 0 Å². The average molecular weight is 374 g/mol. The Balaban J connectivity index is 1.74. The van der Waals surface area contributed by atoms with Crippen LogP contribution in [0.5, 0.6) is 5.75 Å². The van der Waals surface area contributed by atoms with Gasteiger partial charge >= 0.3 is 0 Å². The van der Waals surface area contributed by atoms with Gasteiger partial charge in [0, 0.05) is 29.8 Å². The maximum absolute atomic E-state index is 6.32. The molecule has 2 aliphatic rings. The zero-order valence-corrected chi connectivity index (χ0v) is 17.8. The van der Waals surface area contributed by atoms with E-state index in [9.17, 15) is 0 Å². The van der Waals surface area contributed by atoms with Crippen LogP contribution in [0.3, 0.4) is 0 Å². The van der Waals surface area contributed by atoms with Crippen LogP contribution in [-0.2, 0) is 4.74 Å². The molecular formula is C24H39NO2. The van der Waals surface area contributed by atoms with E-state index in [4.69, 9.17) is 9.47 Å². The van der Waals surface area contributed by atoms with Gasteiger partial charge in [-0.05, 0) is 55.7 Å². The quantitative estimate of drug-likeness (QED) is 0.495. The first-order valence-electron chi connectivity index (χ1n) is 11.2. The lowest BCUT2D eigenvalue weighted by Crippen LogP contribution is -2.44. The normalized spacial score (nSPS) is 25.4. The molecule has 27 heavy (non-hydrogen) atoms.